The Labute approximate surface area is 192 Å². The van der Waals surface area contributed by atoms with E-state index in [-0.39, 0.29) is 11.5 Å². The number of hydrogen-bond donors (Lipinski definition) is 0. The maximum absolute atomic E-state index is 12.2. The first-order chi connectivity index (χ1) is 15.2. The molecule has 0 N–H and O–H groups in total. The molecule has 0 spiro atoms. The molecule has 2 aromatic carbocycles. The number of aryl methyl sites for hydroxylation is 1. The lowest BCUT2D eigenvalue weighted by Crippen LogP contribution is -2.22. The Morgan fingerprint density at radius 2 is 1.81 bits per heavy atom. The van der Waals surface area contributed by atoms with Crippen molar-refractivity contribution >= 4 is 33.7 Å². The monoisotopic (exact) mass is 473 g/mol. The molecule has 9 heteroatoms. The number of carbonyl (C=O) groups is 1. The second kappa shape index (κ2) is 10.1. The quantitative estimate of drug-likeness (QED) is 0.366. The number of aromatic nitrogens is 2. The zero-order chi connectivity index (χ0) is 23.3. The summed E-state index contributed by atoms with van der Waals surface area (Å²) in [6.07, 6.45) is 2.85. The van der Waals surface area contributed by atoms with Gasteiger partial charge in [0.2, 0.25) is 10.0 Å². The molecule has 0 bridgehead atoms. The molecule has 1 aromatic heterocycles. The second-order valence-corrected chi connectivity index (χ2v) is 9.82. The summed E-state index contributed by atoms with van der Waals surface area (Å²) in [6.45, 7) is 2.28. The highest BCUT2D eigenvalue weighted by molar-refractivity contribution is 7.89. The van der Waals surface area contributed by atoms with Gasteiger partial charge in [-0.2, -0.15) is 5.10 Å². The highest BCUT2D eigenvalue weighted by Crippen LogP contribution is 2.22. The third-order valence-electron chi connectivity index (χ3n) is 4.73. The first-order valence-electron chi connectivity index (χ1n) is 9.81. The van der Waals surface area contributed by atoms with Gasteiger partial charge in [-0.15, -0.1) is 0 Å². The molecule has 0 fully saturated rings. The summed E-state index contributed by atoms with van der Waals surface area (Å²) < 4.78 is 32.6. The topological polar surface area (TPSA) is 81.5 Å². The van der Waals surface area contributed by atoms with E-state index >= 15 is 0 Å². The lowest BCUT2D eigenvalue weighted by Gasteiger charge is -2.12. The van der Waals surface area contributed by atoms with Crippen LogP contribution in [-0.2, 0) is 32.7 Å². The van der Waals surface area contributed by atoms with Crippen molar-refractivity contribution in [1.82, 2.24) is 14.1 Å². The minimum atomic E-state index is -3.56. The molecule has 1 heterocycles. The minimum absolute atomic E-state index is 0.0556. The van der Waals surface area contributed by atoms with Crippen molar-refractivity contribution in [2.75, 3.05) is 14.1 Å². The van der Waals surface area contributed by atoms with Gasteiger partial charge >= 0.3 is 5.97 Å². The molecule has 0 atom stereocenters. The summed E-state index contributed by atoms with van der Waals surface area (Å²) >= 11 is 6.46. The van der Waals surface area contributed by atoms with Crippen molar-refractivity contribution in [3.8, 4) is 0 Å². The predicted octanol–water partition coefficient (Wildman–Crippen LogP) is 3.90. The standard InChI is InChI=1S/C23H24ClN3O4S/c1-17-21(23(24)27(25-17)15-18-8-5-4-6-9-18)12-13-22(28)31-16-19-10-7-11-20(14-19)32(29,30)26(2)3/h4-14H,15-16H2,1-3H3. The fraction of sp³-hybridized carbons (Fsp3) is 0.217. The lowest BCUT2D eigenvalue weighted by atomic mass is 10.2. The Kier molecular flexibility index (Phi) is 7.50. The van der Waals surface area contributed by atoms with Crippen LogP contribution in [0.15, 0.2) is 65.6 Å². The summed E-state index contributed by atoms with van der Waals surface area (Å²) in [5, 5.41) is 4.87. The highest BCUT2D eigenvalue weighted by atomic mass is 35.5. The van der Waals surface area contributed by atoms with Gasteiger partial charge in [0.1, 0.15) is 11.8 Å². The SMILES string of the molecule is Cc1nn(Cc2ccccc2)c(Cl)c1C=CC(=O)OCc1cccc(S(=O)(=O)N(C)C)c1. The number of esters is 1. The summed E-state index contributed by atoms with van der Waals surface area (Å²) in [7, 11) is -0.639. The molecule has 0 aliphatic carbocycles. The van der Waals surface area contributed by atoms with Crippen LogP contribution in [0.4, 0.5) is 0 Å². The molecular formula is C23H24ClN3O4S. The number of rotatable bonds is 8. The summed E-state index contributed by atoms with van der Waals surface area (Å²) in [5.41, 5.74) is 2.96. The van der Waals surface area contributed by atoms with Crippen molar-refractivity contribution < 1.29 is 17.9 Å². The molecule has 0 amide bonds. The van der Waals surface area contributed by atoms with Crippen LogP contribution in [0.3, 0.4) is 0 Å². The van der Waals surface area contributed by atoms with Crippen molar-refractivity contribution in [1.29, 1.82) is 0 Å². The van der Waals surface area contributed by atoms with Gasteiger partial charge in [0.25, 0.3) is 0 Å². The Balaban J connectivity index is 1.65. The largest absolute Gasteiger partial charge is 0.458 e. The first kappa shape index (κ1) is 23.7. The summed E-state index contributed by atoms with van der Waals surface area (Å²) in [4.78, 5) is 12.3. The molecule has 0 aliphatic heterocycles. The maximum Gasteiger partial charge on any atom is 0.331 e. The van der Waals surface area contributed by atoms with Gasteiger partial charge < -0.3 is 4.74 Å². The van der Waals surface area contributed by atoms with Crippen LogP contribution in [-0.4, -0.2) is 42.6 Å². The van der Waals surface area contributed by atoms with Crippen LogP contribution < -0.4 is 0 Å². The fourth-order valence-electron chi connectivity index (χ4n) is 2.98. The van der Waals surface area contributed by atoms with Gasteiger partial charge in [-0.05, 0) is 36.3 Å². The van der Waals surface area contributed by atoms with Crippen molar-refractivity contribution in [2.45, 2.75) is 25.0 Å². The molecule has 0 unspecified atom stereocenters. The zero-order valence-electron chi connectivity index (χ0n) is 18.0. The van der Waals surface area contributed by atoms with Crippen LogP contribution >= 0.6 is 11.6 Å². The first-order valence-corrected chi connectivity index (χ1v) is 11.6. The molecule has 0 saturated heterocycles. The second-order valence-electron chi connectivity index (χ2n) is 7.31. The van der Waals surface area contributed by atoms with E-state index in [2.05, 4.69) is 5.10 Å². The fourth-order valence-corrected chi connectivity index (χ4v) is 4.25. The van der Waals surface area contributed by atoms with E-state index in [1.54, 1.807) is 22.9 Å². The normalized spacial score (nSPS) is 11.9. The zero-order valence-corrected chi connectivity index (χ0v) is 19.6. The van der Waals surface area contributed by atoms with E-state index in [1.807, 2.05) is 37.3 Å². The molecular weight excluding hydrogens is 450 g/mol. The lowest BCUT2D eigenvalue weighted by molar-refractivity contribution is -0.138. The van der Waals surface area contributed by atoms with Crippen LogP contribution in [0.25, 0.3) is 6.08 Å². The molecule has 3 rings (SSSR count). The molecule has 3 aromatic rings. The van der Waals surface area contributed by atoms with E-state index in [0.29, 0.717) is 28.5 Å². The number of nitrogens with zero attached hydrogens (tertiary/aromatic N) is 3. The summed E-state index contributed by atoms with van der Waals surface area (Å²) in [5.74, 6) is -0.572. The van der Waals surface area contributed by atoms with Crippen LogP contribution in [0, 0.1) is 6.92 Å². The smallest absolute Gasteiger partial charge is 0.331 e. The third-order valence-corrected chi connectivity index (χ3v) is 6.94. The van der Waals surface area contributed by atoms with E-state index in [1.165, 1.54) is 32.3 Å². The number of sulfonamides is 1. The van der Waals surface area contributed by atoms with Crippen molar-refractivity contribution in [3.05, 3.63) is 88.2 Å². The molecule has 168 valence electrons. The van der Waals surface area contributed by atoms with Crippen molar-refractivity contribution in [2.24, 2.45) is 0 Å². The molecule has 0 saturated carbocycles. The number of hydrogen-bond acceptors (Lipinski definition) is 5. The van der Waals surface area contributed by atoms with Crippen LogP contribution in [0.1, 0.15) is 22.4 Å². The summed E-state index contributed by atoms with van der Waals surface area (Å²) in [6, 6.07) is 16.1. The minimum Gasteiger partial charge on any atom is -0.458 e. The molecule has 0 radical (unpaired) electrons. The number of carbonyl (C=O) groups excluding carboxylic acids is 1. The number of halogens is 1. The van der Waals surface area contributed by atoms with E-state index in [4.69, 9.17) is 16.3 Å². The number of ether oxygens (including phenoxy) is 1. The van der Waals surface area contributed by atoms with Gasteiger partial charge in [-0.1, -0.05) is 54.1 Å². The maximum atomic E-state index is 12.2. The highest BCUT2D eigenvalue weighted by Gasteiger charge is 2.17. The van der Waals surface area contributed by atoms with Crippen LogP contribution in [0.5, 0.6) is 0 Å². The average molecular weight is 474 g/mol. The van der Waals surface area contributed by atoms with Crippen molar-refractivity contribution in [3.63, 3.8) is 0 Å². The Bertz CT molecular complexity index is 1240. The number of benzene rings is 2. The van der Waals surface area contributed by atoms with Gasteiger partial charge in [-0.25, -0.2) is 22.2 Å². The van der Waals surface area contributed by atoms with E-state index in [9.17, 15) is 13.2 Å². The average Bonchev–Trinajstić information content (AvgIpc) is 3.04. The Morgan fingerprint density at radius 1 is 1.12 bits per heavy atom. The van der Waals surface area contributed by atoms with Gasteiger partial charge in [0.15, 0.2) is 0 Å². The van der Waals surface area contributed by atoms with Gasteiger partial charge in [-0.3, -0.25) is 0 Å². The molecule has 7 nitrogen and oxygen atoms in total. The molecule has 0 aliphatic rings. The Morgan fingerprint density at radius 3 is 2.50 bits per heavy atom. The van der Waals surface area contributed by atoms with Crippen LogP contribution in [0.2, 0.25) is 5.15 Å². The Hall–Kier alpha value is -2.94. The molecule has 32 heavy (non-hydrogen) atoms. The predicted molar refractivity (Wildman–Crippen MR) is 124 cm³/mol. The van der Waals surface area contributed by atoms with E-state index in [0.717, 1.165) is 9.87 Å². The van der Waals surface area contributed by atoms with Gasteiger partial charge in [0.05, 0.1) is 17.1 Å². The van der Waals surface area contributed by atoms with Gasteiger partial charge in [0, 0.05) is 25.7 Å². The van der Waals surface area contributed by atoms with E-state index < -0.39 is 16.0 Å². The third kappa shape index (κ3) is 5.64.